The van der Waals surface area contributed by atoms with Crippen molar-refractivity contribution >= 4 is 0 Å². The first-order chi connectivity index (χ1) is 5.66. The molecule has 1 aromatic rings. The topological polar surface area (TPSA) is 38.1 Å². The largest absolute Gasteiger partial charge is 0.383 e. The summed E-state index contributed by atoms with van der Waals surface area (Å²) < 4.78 is 1.92. The molecule has 0 aliphatic carbocycles. The molecule has 1 heterocycles. The van der Waals surface area contributed by atoms with Gasteiger partial charge in [-0.25, -0.2) is 4.98 Å². The Hall–Kier alpha value is -1.09. The highest BCUT2D eigenvalue weighted by Gasteiger charge is 2.10. The van der Waals surface area contributed by atoms with Crippen molar-refractivity contribution in [3.63, 3.8) is 0 Å². The molecule has 0 aromatic carbocycles. The second kappa shape index (κ2) is 3.54. The van der Waals surface area contributed by atoms with Crippen LogP contribution in [0.4, 0.5) is 0 Å². The van der Waals surface area contributed by atoms with Crippen LogP contribution in [-0.2, 0) is 0 Å². The number of aromatic nitrogens is 2. The molecule has 0 saturated carbocycles. The third-order valence-electron chi connectivity index (χ3n) is 1.78. The van der Waals surface area contributed by atoms with E-state index in [0.717, 1.165) is 5.69 Å². The molecule has 1 rings (SSSR count). The van der Waals surface area contributed by atoms with Crippen molar-refractivity contribution in [2.24, 2.45) is 0 Å². The van der Waals surface area contributed by atoms with E-state index in [0.29, 0.717) is 6.04 Å². The van der Waals surface area contributed by atoms with Crippen LogP contribution >= 0.6 is 0 Å². The number of aliphatic hydroxyl groups is 1. The Morgan fingerprint density at radius 1 is 1.67 bits per heavy atom. The summed E-state index contributed by atoms with van der Waals surface area (Å²) in [6, 6.07) is 0.317. The number of rotatable bonds is 3. The van der Waals surface area contributed by atoms with Gasteiger partial charge in [0.05, 0.1) is 18.2 Å². The van der Waals surface area contributed by atoms with Crippen molar-refractivity contribution < 1.29 is 5.11 Å². The van der Waals surface area contributed by atoms with Gasteiger partial charge in [-0.1, -0.05) is 6.08 Å². The number of imidazole rings is 1. The molecule has 0 bridgehead atoms. The van der Waals surface area contributed by atoms with E-state index in [-0.39, 0.29) is 0 Å². The predicted molar refractivity (Wildman–Crippen MR) is 47.8 cm³/mol. The molecule has 0 spiro atoms. The molecule has 0 radical (unpaired) electrons. The van der Waals surface area contributed by atoms with Gasteiger partial charge in [0.15, 0.2) is 0 Å². The Morgan fingerprint density at radius 2 is 2.33 bits per heavy atom. The van der Waals surface area contributed by atoms with E-state index in [4.69, 9.17) is 0 Å². The molecule has 0 fully saturated rings. The molecule has 1 unspecified atom stereocenters. The SMILES string of the molecule is C=CC(O)c1cncn1C(C)C. The molecule has 1 atom stereocenters. The summed E-state index contributed by atoms with van der Waals surface area (Å²) in [5.74, 6) is 0. The minimum atomic E-state index is -0.616. The number of hydrogen-bond acceptors (Lipinski definition) is 2. The van der Waals surface area contributed by atoms with Crippen molar-refractivity contribution in [2.75, 3.05) is 0 Å². The minimum absolute atomic E-state index is 0.317. The lowest BCUT2D eigenvalue weighted by Gasteiger charge is -2.13. The minimum Gasteiger partial charge on any atom is -0.383 e. The fourth-order valence-electron chi connectivity index (χ4n) is 1.10. The molecule has 1 aromatic heterocycles. The van der Waals surface area contributed by atoms with Gasteiger partial charge in [-0.2, -0.15) is 0 Å². The summed E-state index contributed by atoms with van der Waals surface area (Å²) in [5.41, 5.74) is 0.792. The maximum Gasteiger partial charge on any atom is 0.113 e. The molecule has 0 aliphatic rings. The lowest BCUT2D eigenvalue weighted by atomic mass is 10.2. The first-order valence-corrected chi connectivity index (χ1v) is 3.99. The quantitative estimate of drug-likeness (QED) is 0.694. The highest BCUT2D eigenvalue weighted by atomic mass is 16.3. The zero-order valence-electron chi connectivity index (χ0n) is 7.44. The van der Waals surface area contributed by atoms with Crippen LogP contribution in [-0.4, -0.2) is 14.7 Å². The van der Waals surface area contributed by atoms with Crippen LogP contribution in [0, 0.1) is 0 Å². The number of nitrogens with zero attached hydrogens (tertiary/aromatic N) is 2. The summed E-state index contributed by atoms with van der Waals surface area (Å²) in [6.45, 7) is 7.61. The first kappa shape index (κ1) is 9.00. The standard InChI is InChI=1S/C9H14N2O/c1-4-9(12)8-5-10-6-11(8)7(2)3/h4-7,9,12H,1H2,2-3H3. The first-order valence-electron chi connectivity index (χ1n) is 3.99. The lowest BCUT2D eigenvalue weighted by molar-refractivity contribution is 0.216. The molecular weight excluding hydrogens is 152 g/mol. The van der Waals surface area contributed by atoms with Gasteiger partial charge in [-0.05, 0) is 13.8 Å². The van der Waals surface area contributed by atoms with E-state index in [9.17, 15) is 5.11 Å². The Labute approximate surface area is 72.4 Å². The van der Waals surface area contributed by atoms with Crippen molar-refractivity contribution in [3.05, 3.63) is 30.9 Å². The van der Waals surface area contributed by atoms with Crippen LogP contribution < -0.4 is 0 Å². The van der Waals surface area contributed by atoms with Gasteiger partial charge < -0.3 is 9.67 Å². The van der Waals surface area contributed by atoms with Crippen LogP contribution in [0.2, 0.25) is 0 Å². The van der Waals surface area contributed by atoms with E-state index in [1.807, 2.05) is 18.4 Å². The van der Waals surface area contributed by atoms with E-state index < -0.39 is 6.10 Å². The maximum atomic E-state index is 9.47. The number of aliphatic hydroxyl groups excluding tert-OH is 1. The second-order valence-corrected chi connectivity index (χ2v) is 3.00. The molecule has 0 saturated heterocycles. The van der Waals surface area contributed by atoms with E-state index in [1.165, 1.54) is 6.08 Å². The third-order valence-corrected chi connectivity index (χ3v) is 1.78. The van der Waals surface area contributed by atoms with Crippen LogP contribution in [0.15, 0.2) is 25.2 Å². The Kier molecular flexibility index (Phi) is 2.65. The zero-order valence-corrected chi connectivity index (χ0v) is 7.44. The van der Waals surface area contributed by atoms with Crippen LogP contribution in [0.5, 0.6) is 0 Å². The Balaban J connectivity index is 2.98. The normalized spacial score (nSPS) is 13.3. The van der Waals surface area contributed by atoms with E-state index in [2.05, 4.69) is 11.6 Å². The van der Waals surface area contributed by atoms with Crippen LogP contribution in [0.3, 0.4) is 0 Å². The zero-order chi connectivity index (χ0) is 9.14. The monoisotopic (exact) mass is 166 g/mol. The molecule has 1 N–H and O–H groups in total. The summed E-state index contributed by atoms with van der Waals surface area (Å²) in [6.07, 6.45) is 4.25. The van der Waals surface area contributed by atoms with E-state index >= 15 is 0 Å². The highest BCUT2D eigenvalue weighted by Crippen LogP contribution is 2.16. The third kappa shape index (κ3) is 1.56. The highest BCUT2D eigenvalue weighted by molar-refractivity contribution is 5.08. The van der Waals surface area contributed by atoms with Crippen molar-refractivity contribution in [3.8, 4) is 0 Å². The van der Waals surface area contributed by atoms with Gasteiger partial charge >= 0.3 is 0 Å². The fourth-order valence-corrected chi connectivity index (χ4v) is 1.10. The van der Waals surface area contributed by atoms with Gasteiger partial charge in [0, 0.05) is 6.04 Å². The summed E-state index contributed by atoms with van der Waals surface area (Å²) in [4.78, 5) is 3.97. The summed E-state index contributed by atoms with van der Waals surface area (Å²) in [7, 11) is 0. The van der Waals surface area contributed by atoms with Gasteiger partial charge in [0.1, 0.15) is 6.10 Å². The molecular formula is C9H14N2O. The molecule has 12 heavy (non-hydrogen) atoms. The van der Waals surface area contributed by atoms with Gasteiger partial charge in [0.2, 0.25) is 0 Å². The molecule has 3 heteroatoms. The van der Waals surface area contributed by atoms with Crippen molar-refractivity contribution in [2.45, 2.75) is 26.0 Å². The molecule has 0 aliphatic heterocycles. The average molecular weight is 166 g/mol. The lowest BCUT2D eigenvalue weighted by Crippen LogP contribution is -2.07. The predicted octanol–water partition coefficient (Wildman–Crippen LogP) is 1.68. The smallest absolute Gasteiger partial charge is 0.113 e. The van der Waals surface area contributed by atoms with Crippen LogP contribution in [0.25, 0.3) is 0 Å². The van der Waals surface area contributed by atoms with Crippen molar-refractivity contribution in [1.82, 2.24) is 9.55 Å². The molecule has 3 nitrogen and oxygen atoms in total. The van der Waals surface area contributed by atoms with Crippen LogP contribution in [0.1, 0.15) is 31.7 Å². The van der Waals surface area contributed by atoms with Gasteiger partial charge in [0.25, 0.3) is 0 Å². The second-order valence-electron chi connectivity index (χ2n) is 3.00. The Morgan fingerprint density at radius 3 is 2.83 bits per heavy atom. The number of hydrogen-bond donors (Lipinski definition) is 1. The molecule has 66 valence electrons. The van der Waals surface area contributed by atoms with Crippen molar-refractivity contribution in [1.29, 1.82) is 0 Å². The maximum absolute atomic E-state index is 9.47. The Bertz CT molecular complexity index is 265. The fraction of sp³-hybridized carbons (Fsp3) is 0.444. The van der Waals surface area contributed by atoms with Gasteiger partial charge in [-0.15, -0.1) is 6.58 Å². The van der Waals surface area contributed by atoms with Gasteiger partial charge in [-0.3, -0.25) is 0 Å². The van der Waals surface area contributed by atoms with E-state index in [1.54, 1.807) is 12.5 Å². The summed E-state index contributed by atoms with van der Waals surface area (Å²) >= 11 is 0. The molecule has 0 amide bonds. The average Bonchev–Trinajstić information content (AvgIpc) is 2.50. The summed E-state index contributed by atoms with van der Waals surface area (Å²) in [5, 5.41) is 9.47.